The van der Waals surface area contributed by atoms with Crippen molar-refractivity contribution >= 4 is 5.97 Å². The van der Waals surface area contributed by atoms with Crippen LogP contribution in [-0.4, -0.2) is 24.7 Å². The SMILES string of the molecule is CCCCNCCCC(=O)OC(C)(C)C. The summed E-state index contributed by atoms with van der Waals surface area (Å²) in [4.78, 5) is 11.3. The molecular weight excluding hydrogens is 190 g/mol. The Bertz CT molecular complexity index is 173. The lowest BCUT2D eigenvalue weighted by Crippen LogP contribution is -2.24. The van der Waals surface area contributed by atoms with Crippen LogP contribution in [-0.2, 0) is 9.53 Å². The van der Waals surface area contributed by atoms with E-state index in [2.05, 4.69) is 12.2 Å². The number of ether oxygens (including phenoxy) is 1. The Labute approximate surface area is 93.6 Å². The van der Waals surface area contributed by atoms with Crippen LogP contribution in [0.15, 0.2) is 0 Å². The van der Waals surface area contributed by atoms with Gasteiger partial charge in [-0.3, -0.25) is 4.79 Å². The largest absolute Gasteiger partial charge is 0.460 e. The molecule has 0 amide bonds. The summed E-state index contributed by atoms with van der Waals surface area (Å²) in [6.07, 6.45) is 3.78. The minimum Gasteiger partial charge on any atom is -0.460 e. The molecule has 0 bridgehead atoms. The van der Waals surface area contributed by atoms with Crippen LogP contribution in [0.3, 0.4) is 0 Å². The van der Waals surface area contributed by atoms with Crippen molar-refractivity contribution < 1.29 is 9.53 Å². The molecule has 0 aromatic heterocycles. The number of hydrogen-bond donors (Lipinski definition) is 1. The molecule has 0 rings (SSSR count). The van der Waals surface area contributed by atoms with Gasteiger partial charge in [-0.05, 0) is 46.7 Å². The zero-order valence-corrected chi connectivity index (χ0v) is 10.6. The van der Waals surface area contributed by atoms with Crippen molar-refractivity contribution in [2.75, 3.05) is 13.1 Å². The molecule has 0 fully saturated rings. The topological polar surface area (TPSA) is 38.3 Å². The fourth-order valence-corrected chi connectivity index (χ4v) is 1.18. The minimum atomic E-state index is -0.354. The first kappa shape index (κ1) is 14.4. The molecule has 0 saturated carbocycles. The molecule has 90 valence electrons. The van der Waals surface area contributed by atoms with Gasteiger partial charge in [0.2, 0.25) is 0 Å². The van der Waals surface area contributed by atoms with Crippen LogP contribution in [0.4, 0.5) is 0 Å². The van der Waals surface area contributed by atoms with Crippen LogP contribution in [0.2, 0.25) is 0 Å². The highest BCUT2D eigenvalue weighted by Gasteiger charge is 2.15. The number of hydrogen-bond acceptors (Lipinski definition) is 3. The summed E-state index contributed by atoms with van der Waals surface area (Å²) in [5, 5.41) is 3.30. The molecule has 1 N–H and O–H groups in total. The second-order valence-corrected chi connectivity index (χ2v) is 4.79. The Balaban J connectivity index is 3.32. The van der Waals surface area contributed by atoms with E-state index in [4.69, 9.17) is 4.74 Å². The van der Waals surface area contributed by atoms with E-state index < -0.39 is 0 Å². The van der Waals surface area contributed by atoms with Crippen molar-refractivity contribution in [3.8, 4) is 0 Å². The lowest BCUT2D eigenvalue weighted by atomic mass is 10.2. The lowest BCUT2D eigenvalue weighted by molar-refractivity contribution is -0.154. The number of unbranched alkanes of at least 4 members (excludes halogenated alkanes) is 1. The third kappa shape index (κ3) is 11.4. The maximum atomic E-state index is 11.3. The number of carbonyl (C=O) groups excluding carboxylic acids is 1. The van der Waals surface area contributed by atoms with Gasteiger partial charge in [-0.15, -0.1) is 0 Å². The zero-order chi connectivity index (χ0) is 11.7. The maximum absolute atomic E-state index is 11.3. The Hall–Kier alpha value is -0.570. The summed E-state index contributed by atoms with van der Waals surface area (Å²) in [5.41, 5.74) is -0.354. The Morgan fingerprint density at radius 3 is 2.33 bits per heavy atom. The summed E-state index contributed by atoms with van der Waals surface area (Å²) in [6.45, 7) is 9.80. The van der Waals surface area contributed by atoms with Gasteiger partial charge >= 0.3 is 5.97 Å². The Kier molecular flexibility index (Phi) is 7.39. The number of esters is 1. The fraction of sp³-hybridized carbons (Fsp3) is 0.917. The molecule has 0 atom stereocenters. The molecule has 0 aliphatic heterocycles. The van der Waals surface area contributed by atoms with Crippen molar-refractivity contribution in [1.29, 1.82) is 0 Å². The van der Waals surface area contributed by atoms with Crippen LogP contribution in [0.1, 0.15) is 53.4 Å². The molecule has 15 heavy (non-hydrogen) atoms. The predicted octanol–water partition coefficient (Wildman–Crippen LogP) is 2.50. The van der Waals surface area contributed by atoms with Gasteiger partial charge in [-0.2, -0.15) is 0 Å². The van der Waals surface area contributed by atoms with Crippen LogP contribution in [0.5, 0.6) is 0 Å². The van der Waals surface area contributed by atoms with Crippen LogP contribution >= 0.6 is 0 Å². The Morgan fingerprint density at radius 2 is 1.80 bits per heavy atom. The number of rotatable bonds is 7. The van der Waals surface area contributed by atoms with E-state index in [9.17, 15) is 4.79 Å². The van der Waals surface area contributed by atoms with E-state index >= 15 is 0 Å². The van der Waals surface area contributed by atoms with Gasteiger partial charge in [0.1, 0.15) is 5.60 Å². The molecule has 0 saturated heterocycles. The third-order valence-corrected chi connectivity index (χ3v) is 1.86. The summed E-state index contributed by atoms with van der Waals surface area (Å²) in [5.74, 6) is -0.0974. The first-order chi connectivity index (χ1) is 6.95. The second-order valence-electron chi connectivity index (χ2n) is 4.79. The highest BCUT2D eigenvalue weighted by atomic mass is 16.6. The van der Waals surface area contributed by atoms with E-state index in [0.29, 0.717) is 6.42 Å². The number of nitrogens with one attached hydrogen (secondary N) is 1. The van der Waals surface area contributed by atoms with Crippen molar-refractivity contribution in [3.05, 3.63) is 0 Å². The van der Waals surface area contributed by atoms with Crippen LogP contribution < -0.4 is 5.32 Å². The van der Waals surface area contributed by atoms with Gasteiger partial charge in [0.25, 0.3) is 0 Å². The zero-order valence-electron chi connectivity index (χ0n) is 10.6. The summed E-state index contributed by atoms with van der Waals surface area (Å²) in [6, 6.07) is 0. The lowest BCUT2D eigenvalue weighted by Gasteiger charge is -2.19. The number of carbonyl (C=O) groups is 1. The van der Waals surface area contributed by atoms with Crippen molar-refractivity contribution in [3.63, 3.8) is 0 Å². The smallest absolute Gasteiger partial charge is 0.306 e. The van der Waals surface area contributed by atoms with E-state index in [1.807, 2.05) is 20.8 Å². The third-order valence-electron chi connectivity index (χ3n) is 1.86. The molecule has 0 heterocycles. The summed E-state index contributed by atoms with van der Waals surface area (Å²) in [7, 11) is 0. The van der Waals surface area contributed by atoms with Gasteiger partial charge in [-0.1, -0.05) is 13.3 Å². The summed E-state index contributed by atoms with van der Waals surface area (Å²) < 4.78 is 5.20. The molecular formula is C12H25NO2. The molecule has 0 aliphatic rings. The summed E-state index contributed by atoms with van der Waals surface area (Å²) >= 11 is 0. The maximum Gasteiger partial charge on any atom is 0.306 e. The molecule has 0 aliphatic carbocycles. The standard InChI is InChI=1S/C12H25NO2/c1-5-6-9-13-10-7-8-11(14)15-12(2,3)4/h13H,5-10H2,1-4H3. The molecule has 3 heteroatoms. The highest BCUT2D eigenvalue weighted by molar-refractivity contribution is 5.69. The van der Waals surface area contributed by atoms with Gasteiger partial charge in [0.05, 0.1) is 0 Å². The van der Waals surface area contributed by atoms with Crippen molar-refractivity contribution in [2.24, 2.45) is 0 Å². The van der Waals surface area contributed by atoms with Crippen LogP contribution in [0, 0.1) is 0 Å². The quantitative estimate of drug-likeness (QED) is 0.524. The second kappa shape index (κ2) is 7.69. The first-order valence-electron chi connectivity index (χ1n) is 5.88. The van der Waals surface area contributed by atoms with Gasteiger partial charge < -0.3 is 10.1 Å². The molecule has 3 nitrogen and oxygen atoms in total. The average Bonchev–Trinajstić information content (AvgIpc) is 2.08. The molecule has 0 radical (unpaired) electrons. The van der Waals surface area contributed by atoms with E-state index in [1.165, 1.54) is 12.8 Å². The van der Waals surface area contributed by atoms with E-state index in [1.54, 1.807) is 0 Å². The van der Waals surface area contributed by atoms with Crippen LogP contribution in [0.25, 0.3) is 0 Å². The average molecular weight is 215 g/mol. The van der Waals surface area contributed by atoms with E-state index in [-0.39, 0.29) is 11.6 Å². The van der Waals surface area contributed by atoms with Gasteiger partial charge in [-0.25, -0.2) is 0 Å². The minimum absolute atomic E-state index is 0.0974. The van der Waals surface area contributed by atoms with E-state index in [0.717, 1.165) is 19.5 Å². The van der Waals surface area contributed by atoms with Crippen molar-refractivity contribution in [1.82, 2.24) is 5.32 Å². The van der Waals surface area contributed by atoms with Gasteiger partial charge in [0, 0.05) is 6.42 Å². The molecule has 0 spiro atoms. The van der Waals surface area contributed by atoms with Gasteiger partial charge in [0.15, 0.2) is 0 Å². The molecule has 0 unspecified atom stereocenters. The molecule has 0 aromatic carbocycles. The molecule has 0 aromatic rings. The normalized spacial score (nSPS) is 11.5. The predicted molar refractivity (Wildman–Crippen MR) is 62.9 cm³/mol. The Morgan fingerprint density at radius 1 is 1.20 bits per heavy atom. The fourth-order valence-electron chi connectivity index (χ4n) is 1.18. The monoisotopic (exact) mass is 215 g/mol. The van der Waals surface area contributed by atoms with Crippen molar-refractivity contribution in [2.45, 2.75) is 59.0 Å². The first-order valence-corrected chi connectivity index (χ1v) is 5.88. The highest BCUT2D eigenvalue weighted by Crippen LogP contribution is 2.08.